The molecule has 0 saturated carbocycles. The normalized spacial score (nSPS) is 21.3. The molecule has 0 amide bonds. The molecule has 12 rings (SSSR count). The van der Waals surface area contributed by atoms with E-state index >= 15 is 0 Å². The van der Waals surface area contributed by atoms with Crippen molar-refractivity contribution in [2.75, 3.05) is 0 Å². The number of benzene rings is 5. The highest BCUT2D eigenvalue weighted by Gasteiger charge is 2.43. The van der Waals surface area contributed by atoms with Crippen LogP contribution in [0, 0.1) is 0 Å². The van der Waals surface area contributed by atoms with Gasteiger partial charge in [0.25, 0.3) is 0 Å². The van der Waals surface area contributed by atoms with Crippen LogP contribution in [0.4, 0.5) is 0 Å². The van der Waals surface area contributed by atoms with Gasteiger partial charge >= 0.3 is 0 Å². The summed E-state index contributed by atoms with van der Waals surface area (Å²) in [6, 6.07) is 45.6. The molecule has 0 saturated heterocycles. The molecule has 8 aromatic rings. The highest BCUT2D eigenvalue weighted by atomic mass is 32.2. The van der Waals surface area contributed by atoms with Gasteiger partial charge in [0.2, 0.25) is 0 Å². The topological polar surface area (TPSA) is 25.8 Å². The highest BCUT2D eigenvalue weighted by Crippen LogP contribution is 2.55. The van der Waals surface area contributed by atoms with Gasteiger partial charge in [-0.05, 0) is 115 Å². The average molecular weight is 779 g/mol. The summed E-state index contributed by atoms with van der Waals surface area (Å²) in [5, 5.41) is 2.94. The molecule has 3 aromatic heterocycles. The second kappa shape index (κ2) is 12.7. The van der Waals surface area contributed by atoms with E-state index in [0.29, 0.717) is 5.25 Å². The van der Waals surface area contributed by atoms with Crippen LogP contribution in [0.1, 0.15) is 37.0 Å². The molecule has 4 heterocycles. The molecule has 276 valence electrons. The first-order chi connectivity index (χ1) is 28.4. The quantitative estimate of drug-likeness (QED) is 0.179. The van der Waals surface area contributed by atoms with Crippen LogP contribution in [0.5, 0.6) is 0 Å². The Bertz CT molecular complexity index is 3170. The lowest BCUT2D eigenvalue weighted by Crippen LogP contribution is -2.30. The van der Waals surface area contributed by atoms with Crippen LogP contribution >= 0.6 is 23.1 Å². The number of aromatic nitrogens is 2. The SMILES string of the molecule is CC1(c2ccc3sc4cnccc4c3c2)C=C(C2=CC3(C)c4ccncc4SC3C=C2)C=C(c2ccc3c(c2)-c2ccccc2-c2ccccc2-c2ccccc2-3)C1. The summed E-state index contributed by atoms with van der Waals surface area (Å²) in [7, 11) is 0. The monoisotopic (exact) mass is 778 g/mol. The number of thiophene rings is 1. The van der Waals surface area contributed by atoms with Crippen LogP contribution in [-0.2, 0) is 10.8 Å². The minimum Gasteiger partial charge on any atom is -0.264 e. The Balaban J connectivity index is 1.06. The van der Waals surface area contributed by atoms with Crippen molar-refractivity contribution in [3.05, 3.63) is 204 Å². The minimum absolute atomic E-state index is 0.117. The molecule has 4 heteroatoms. The van der Waals surface area contributed by atoms with E-state index in [1.165, 1.54) is 103 Å². The maximum atomic E-state index is 4.48. The molecule has 0 radical (unpaired) electrons. The van der Waals surface area contributed by atoms with Gasteiger partial charge < -0.3 is 0 Å². The number of hydrogen-bond acceptors (Lipinski definition) is 4. The number of nitrogens with zero attached hydrogens (tertiary/aromatic N) is 2. The zero-order chi connectivity index (χ0) is 38.6. The zero-order valence-electron chi connectivity index (χ0n) is 32.2. The van der Waals surface area contributed by atoms with Gasteiger partial charge in [0.1, 0.15) is 0 Å². The van der Waals surface area contributed by atoms with Gasteiger partial charge in [0.15, 0.2) is 0 Å². The summed E-state index contributed by atoms with van der Waals surface area (Å²) in [5.41, 5.74) is 17.7. The van der Waals surface area contributed by atoms with Crippen molar-refractivity contribution in [3.63, 3.8) is 0 Å². The van der Waals surface area contributed by atoms with Crippen LogP contribution < -0.4 is 0 Å². The van der Waals surface area contributed by atoms with E-state index in [-0.39, 0.29) is 10.8 Å². The summed E-state index contributed by atoms with van der Waals surface area (Å²) >= 11 is 3.76. The molecule has 3 aliphatic carbocycles. The van der Waals surface area contributed by atoms with Crippen LogP contribution in [0.15, 0.2) is 193 Å². The summed E-state index contributed by atoms with van der Waals surface area (Å²) in [6.45, 7) is 4.84. The largest absolute Gasteiger partial charge is 0.264 e. The molecule has 0 N–H and O–H groups in total. The molecular formula is C54H38N2S2. The van der Waals surface area contributed by atoms with Crippen LogP contribution in [0.2, 0.25) is 0 Å². The van der Waals surface area contributed by atoms with E-state index in [1.54, 1.807) is 0 Å². The first kappa shape index (κ1) is 34.0. The van der Waals surface area contributed by atoms with Crippen molar-refractivity contribution in [1.82, 2.24) is 9.97 Å². The van der Waals surface area contributed by atoms with Crippen LogP contribution in [0.25, 0.3) is 70.3 Å². The second-order valence-electron chi connectivity index (χ2n) is 16.6. The Morgan fingerprint density at radius 2 is 1.24 bits per heavy atom. The van der Waals surface area contributed by atoms with Gasteiger partial charge in [-0.25, -0.2) is 0 Å². The van der Waals surface area contributed by atoms with E-state index in [4.69, 9.17) is 0 Å². The zero-order valence-corrected chi connectivity index (χ0v) is 33.9. The number of allylic oxidation sites excluding steroid dienone is 7. The van der Waals surface area contributed by atoms with Gasteiger partial charge in [-0.15, -0.1) is 23.1 Å². The van der Waals surface area contributed by atoms with Crippen molar-refractivity contribution in [1.29, 1.82) is 0 Å². The predicted octanol–water partition coefficient (Wildman–Crippen LogP) is 14.4. The van der Waals surface area contributed by atoms with E-state index in [0.717, 1.165) is 6.42 Å². The Labute approximate surface area is 347 Å². The Morgan fingerprint density at radius 3 is 1.97 bits per heavy atom. The second-order valence-corrected chi connectivity index (χ2v) is 18.9. The number of rotatable bonds is 3. The van der Waals surface area contributed by atoms with E-state index in [1.807, 2.05) is 47.9 Å². The van der Waals surface area contributed by atoms with Crippen molar-refractivity contribution < 1.29 is 0 Å². The molecule has 4 aliphatic rings. The number of hydrogen-bond donors (Lipinski definition) is 0. The first-order valence-electron chi connectivity index (χ1n) is 20.1. The Morgan fingerprint density at radius 1 is 0.586 bits per heavy atom. The molecule has 3 unspecified atom stereocenters. The van der Waals surface area contributed by atoms with E-state index < -0.39 is 0 Å². The fraction of sp³-hybridized carbons (Fsp3) is 0.111. The minimum atomic E-state index is -0.263. The molecule has 2 nitrogen and oxygen atoms in total. The summed E-state index contributed by atoms with van der Waals surface area (Å²) in [4.78, 5) is 10.2. The van der Waals surface area contributed by atoms with Crippen molar-refractivity contribution in [2.45, 2.75) is 41.2 Å². The highest BCUT2D eigenvalue weighted by molar-refractivity contribution is 8.00. The lowest BCUT2D eigenvalue weighted by Gasteiger charge is -2.36. The van der Waals surface area contributed by atoms with Crippen molar-refractivity contribution >= 4 is 48.8 Å². The predicted molar refractivity (Wildman–Crippen MR) is 245 cm³/mol. The molecule has 1 aliphatic heterocycles. The molecule has 0 fully saturated rings. The molecule has 58 heavy (non-hydrogen) atoms. The first-order valence-corrected chi connectivity index (χ1v) is 21.8. The van der Waals surface area contributed by atoms with Gasteiger partial charge in [-0.2, -0.15) is 0 Å². The third kappa shape index (κ3) is 5.11. The third-order valence-electron chi connectivity index (χ3n) is 13.1. The van der Waals surface area contributed by atoms with E-state index in [2.05, 4.69) is 176 Å². The fourth-order valence-electron chi connectivity index (χ4n) is 10.1. The average Bonchev–Trinajstić information content (AvgIpc) is 3.79. The van der Waals surface area contributed by atoms with Crippen LogP contribution in [0.3, 0.4) is 0 Å². The summed E-state index contributed by atoms with van der Waals surface area (Å²) in [5.74, 6) is 0. The number of pyridine rings is 2. The van der Waals surface area contributed by atoms with Crippen molar-refractivity contribution in [3.8, 4) is 44.5 Å². The van der Waals surface area contributed by atoms with Gasteiger partial charge in [-0.3, -0.25) is 9.97 Å². The molecular weight excluding hydrogens is 741 g/mol. The maximum absolute atomic E-state index is 4.48. The lowest BCUT2D eigenvalue weighted by atomic mass is 9.68. The third-order valence-corrected chi connectivity index (χ3v) is 15.7. The van der Waals surface area contributed by atoms with Crippen molar-refractivity contribution in [2.24, 2.45) is 0 Å². The van der Waals surface area contributed by atoms with E-state index in [9.17, 15) is 0 Å². The molecule has 3 atom stereocenters. The smallest absolute Gasteiger partial charge is 0.0538 e. The van der Waals surface area contributed by atoms with Gasteiger partial charge in [-0.1, -0.05) is 135 Å². The fourth-order valence-corrected chi connectivity index (χ4v) is 12.6. The van der Waals surface area contributed by atoms with Crippen LogP contribution in [-0.4, -0.2) is 15.2 Å². The summed E-state index contributed by atoms with van der Waals surface area (Å²) in [6.07, 6.45) is 21.2. The standard InChI is InChI=1S/C54H38N2S2/c1-53(37-17-19-49-47(27-37)45-21-23-55-31-50(45)57-49)28-35(25-36(29-53)34-16-20-52-54(2,30-34)48-22-24-56-32-51(48)58-52)33-15-18-44-42-13-6-5-11-40(42)38-9-3-4-10-39(38)41-12-7-8-14-43(41)46(44)26-33/h3-27,29-32,52H,28H2,1-2H3. The molecule has 0 spiro atoms. The Kier molecular flexibility index (Phi) is 7.46. The number of fused-ring (bicyclic) bond motifs is 14. The lowest BCUT2D eigenvalue weighted by molar-refractivity contribution is 0.601. The number of thioether (sulfide) groups is 1. The molecule has 5 aromatic carbocycles. The van der Waals surface area contributed by atoms with Gasteiger partial charge in [0.05, 0.1) is 4.70 Å². The summed E-state index contributed by atoms with van der Waals surface area (Å²) < 4.78 is 2.54. The van der Waals surface area contributed by atoms with Gasteiger partial charge in [0, 0.05) is 61.2 Å². The molecule has 0 bridgehead atoms. The maximum Gasteiger partial charge on any atom is 0.0538 e. The Hall–Kier alpha value is -6.07.